The lowest BCUT2D eigenvalue weighted by atomic mass is 10.6. The molecule has 0 aromatic carbocycles. The Morgan fingerprint density at radius 3 is 2.79 bits per heavy atom. The third kappa shape index (κ3) is 1.26. The van der Waals surface area contributed by atoms with Crippen LogP contribution in [0.5, 0.6) is 0 Å². The van der Waals surface area contributed by atoms with Crippen LogP contribution in [0, 0.1) is 0 Å². The molecule has 0 fully saturated rings. The van der Waals surface area contributed by atoms with Crippen LogP contribution in [-0.4, -0.2) is 36.4 Å². The number of aromatic nitrogens is 5. The van der Waals surface area contributed by atoms with E-state index in [1.54, 1.807) is 0 Å². The van der Waals surface area contributed by atoms with Crippen LogP contribution in [-0.2, 0) is 0 Å². The summed E-state index contributed by atoms with van der Waals surface area (Å²) in [7, 11) is 0. The van der Waals surface area contributed by atoms with E-state index in [2.05, 4.69) is 29.8 Å². The number of nitrogens with one attached hydrogen (secondary N) is 1. The minimum Gasteiger partial charge on any atom is -0.475 e. The average Bonchev–Trinajstić information content (AvgIpc) is 2.70. The van der Waals surface area contributed by atoms with Crippen LogP contribution in [0.3, 0.4) is 0 Å². The summed E-state index contributed by atoms with van der Waals surface area (Å²) in [5.74, 6) is -1.67. The first-order valence-electron chi connectivity index (χ1n) is 3.42. The number of hydrogen-bond acceptors (Lipinski definition) is 7. The van der Waals surface area contributed by atoms with Gasteiger partial charge in [-0.1, -0.05) is 0 Å². The van der Waals surface area contributed by atoms with Gasteiger partial charge in [-0.15, -0.1) is 5.10 Å². The third-order valence-corrected chi connectivity index (χ3v) is 1.32. The fraction of sp³-hybridized carbons (Fsp3) is 0. The van der Waals surface area contributed by atoms with Crippen LogP contribution in [0.15, 0.2) is 4.52 Å². The summed E-state index contributed by atoms with van der Waals surface area (Å²) in [6.45, 7) is 0. The molecule has 4 N–H and O–H groups in total. The molecular weight excluding hydrogens is 192 g/mol. The maximum atomic E-state index is 10.4. The van der Waals surface area contributed by atoms with Gasteiger partial charge in [-0.05, 0) is 5.16 Å². The molecule has 2 rings (SSSR count). The van der Waals surface area contributed by atoms with Crippen LogP contribution < -0.4 is 5.73 Å². The van der Waals surface area contributed by atoms with E-state index in [-0.39, 0.29) is 17.7 Å². The van der Waals surface area contributed by atoms with E-state index in [9.17, 15) is 4.79 Å². The number of hydrogen-bond donors (Lipinski definition) is 3. The van der Waals surface area contributed by atoms with Gasteiger partial charge in [0.1, 0.15) is 0 Å². The lowest BCUT2D eigenvalue weighted by molar-refractivity contribution is 0.0680. The Bertz CT molecular complexity index is 473. The van der Waals surface area contributed by atoms with Crippen molar-refractivity contribution in [1.82, 2.24) is 25.3 Å². The first-order chi connectivity index (χ1) is 6.66. The molecule has 0 aliphatic carbocycles. The molecule has 9 nitrogen and oxygen atoms in total. The van der Waals surface area contributed by atoms with Gasteiger partial charge in [0, 0.05) is 0 Å². The van der Waals surface area contributed by atoms with Gasteiger partial charge in [0.2, 0.25) is 11.8 Å². The molecule has 14 heavy (non-hydrogen) atoms. The molecule has 0 spiro atoms. The van der Waals surface area contributed by atoms with Gasteiger partial charge in [0.25, 0.3) is 11.7 Å². The SMILES string of the molecule is Nc1n[nH]c(-c2nc(C(=O)O)no2)n1. The zero-order valence-electron chi connectivity index (χ0n) is 6.63. The van der Waals surface area contributed by atoms with Gasteiger partial charge in [0.05, 0.1) is 0 Å². The molecule has 2 heterocycles. The second-order valence-corrected chi connectivity index (χ2v) is 2.27. The molecule has 0 aliphatic heterocycles. The summed E-state index contributed by atoms with van der Waals surface area (Å²) >= 11 is 0. The molecule has 2 aromatic heterocycles. The van der Waals surface area contributed by atoms with Gasteiger partial charge in [-0.25, -0.2) is 4.79 Å². The predicted octanol–water partition coefficient (Wildman–Crippen LogP) is -0.865. The normalized spacial score (nSPS) is 10.3. The Morgan fingerprint density at radius 2 is 2.29 bits per heavy atom. The van der Waals surface area contributed by atoms with Crippen LogP contribution in [0.1, 0.15) is 10.6 Å². The van der Waals surface area contributed by atoms with Crippen LogP contribution in [0.2, 0.25) is 0 Å². The van der Waals surface area contributed by atoms with Gasteiger partial charge in [-0.3, -0.25) is 5.10 Å². The number of aromatic carboxylic acids is 1. The van der Waals surface area contributed by atoms with Crippen molar-refractivity contribution >= 4 is 11.9 Å². The molecule has 0 bridgehead atoms. The smallest absolute Gasteiger partial charge is 0.377 e. The zero-order valence-corrected chi connectivity index (χ0v) is 6.63. The highest BCUT2D eigenvalue weighted by Gasteiger charge is 2.16. The number of carbonyl (C=O) groups is 1. The molecule has 0 saturated carbocycles. The highest BCUT2D eigenvalue weighted by atomic mass is 16.5. The topological polar surface area (TPSA) is 144 Å². The predicted molar refractivity (Wildman–Crippen MR) is 41.0 cm³/mol. The Morgan fingerprint density at radius 1 is 1.50 bits per heavy atom. The summed E-state index contributed by atoms with van der Waals surface area (Å²) < 4.78 is 4.59. The summed E-state index contributed by atoms with van der Waals surface area (Å²) in [5.41, 5.74) is 5.22. The Labute approximate surface area is 76.0 Å². The molecule has 9 heteroatoms. The number of nitrogens with zero attached hydrogens (tertiary/aromatic N) is 4. The number of nitrogen functional groups attached to an aromatic ring is 1. The number of H-pyrrole nitrogens is 1. The first-order valence-corrected chi connectivity index (χ1v) is 3.42. The van der Waals surface area contributed by atoms with Crippen molar-refractivity contribution < 1.29 is 14.4 Å². The minimum atomic E-state index is -1.28. The van der Waals surface area contributed by atoms with Crippen molar-refractivity contribution in [3.8, 4) is 11.7 Å². The third-order valence-electron chi connectivity index (χ3n) is 1.32. The number of nitrogens with two attached hydrogens (primary N) is 1. The highest BCUT2D eigenvalue weighted by Crippen LogP contribution is 2.11. The quantitative estimate of drug-likeness (QED) is 0.562. The van der Waals surface area contributed by atoms with Crippen molar-refractivity contribution in [3.05, 3.63) is 5.82 Å². The van der Waals surface area contributed by atoms with E-state index >= 15 is 0 Å². The van der Waals surface area contributed by atoms with Crippen LogP contribution in [0.4, 0.5) is 5.95 Å². The highest BCUT2D eigenvalue weighted by molar-refractivity contribution is 5.83. The standard InChI is InChI=1S/C5H4N6O3/c6-5-8-1(9-10-5)3-7-2(4(12)13)11-14-3/h(H,12,13)(H3,6,8,9,10). The van der Waals surface area contributed by atoms with Crippen molar-refractivity contribution in [2.75, 3.05) is 5.73 Å². The van der Waals surface area contributed by atoms with E-state index in [0.29, 0.717) is 0 Å². The van der Waals surface area contributed by atoms with Crippen LogP contribution in [0.25, 0.3) is 11.7 Å². The van der Waals surface area contributed by atoms with Crippen molar-refractivity contribution in [2.24, 2.45) is 0 Å². The Hall–Kier alpha value is -2.45. The van der Waals surface area contributed by atoms with E-state index in [0.717, 1.165) is 0 Å². The maximum absolute atomic E-state index is 10.4. The minimum absolute atomic E-state index is 0.00933. The first kappa shape index (κ1) is 8.16. The molecule has 0 atom stereocenters. The van der Waals surface area contributed by atoms with Gasteiger partial charge in [0.15, 0.2) is 0 Å². The number of anilines is 1. The van der Waals surface area contributed by atoms with Gasteiger partial charge < -0.3 is 15.4 Å². The number of carboxylic acids is 1. The maximum Gasteiger partial charge on any atom is 0.377 e. The Kier molecular flexibility index (Phi) is 1.63. The van der Waals surface area contributed by atoms with Gasteiger partial charge in [-0.2, -0.15) is 9.97 Å². The van der Waals surface area contributed by atoms with E-state index in [1.165, 1.54) is 0 Å². The van der Waals surface area contributed by atoms with Crippen LogP contribution >= 0.6 is 0 Å². The number of aromatic amines is 1. The van der Waals surface area contributed by atoms with Crippen molar-refractivity contribution in [3.63, 3.8) is 0 Å². The molecule has 2 aromatic rings. The number of carboxylic acid groups (broad SMARTS) is 1. The molecule has 0 aliphatic rings. The van der Waals surface area contributed by atoms with Crippen molar-refractivity contribution in [1.29, 1.82) is 0 Å². The molecular formula is C5H4N6O3. The summed E-state index contributed by atoms with van der Waals surface area (Å²) in [5, 5.41) is 17.6. The van der Waals surface area contributed by atoms with E-state index in [1.807, 2.05) is 0 Å². The molecule has 0 radical (unpaired) electrons. The van der Waals surface area contributed by atoms with E-state index < -0.39 is 11.8 Å². The Balaban J connectivity index is 2.38. The molecule has 0 amide bonds. The largest absolute Gasteiger partial charge is 0.475 e. The molecule has 0 unspecified atom stereocenters. The summed E-state index contributed by atoms with van der Waals surface area (Å²) in [6.07, 6.45) is 0. The monoisotopic (exact) mass is 196 g/mol. The summed E-state index contributed by atoms with van der Waals surface area (Å²) in [6, 6.07) is 0. The van der Waals surface area contributed by atoms with Crippen molar-refractivity contribution in [2.45, 2.75) is 0 Å². The van der Waals surface area contributed by atoms with Gasteiger partial charge >= 0.3 is 5.97 Å². The lowest BCUT2D eigenvalue weighted by Crippen LogP contribution is -1.98. The number of rotatable bonds is 2. The zero-order chi connectivity index (χ0) is 10.1. The molecule has 0 saturated heterocycles. The summed E-state index contributed by atoms with van der Waals surface area (Å²) in [4.78, 5) is 17.6. The second kappa shape index (κ2) is 2.80. The fourth-order valence-corrected chi connectivity index (χ4v) is 0.777. The van der Waals surface area contributed by atoms with E-state index in [4.69, 9.17) is 10.8 Å². The lowest BCUT2D eigenvalue weighted by Gasteiger charge is -1.80. The fourth-order valence-electron chi connectivity index (χ4n) is 0.777. The average molecular weight is 196 g/mol. The molecule has 72 valence electrons. The second-order valence-electron chi connectivity index (χ2n) is 2.27.